The Morgan fingerprint density at radius 2 is 2.20 bits per heavy atom. The van der Waals surface area contributed by atoms with Crippen molar-refractivity contribution >= 4 is 17.6 Å². The molecule has 0 bridgehead atoms. The Hall–Kier alpha value is -1.46. The Morgan fingerprint density at radius 3 is 2.95 bits per heavy atom. The first kappa shape index (κ1) is 14.9. The molecule has 1 heterocycles. The quantitative estimate of drug-likeness (QED) is 0.812. The highest BCUT2D eigenvalue weighted by Gasteiger charge is 2.17. The highest BCUT2D eigenvalue weighted by Crippen LogP contribution is 2.32. The molecule has 5 nitrogen and oxygen atoms in total. The zero-order valence-electron chi connectivity index (χ0n) is 11.8. The number of halogens is 1. The summed E-state index contributed by atoms with van der Waals surface area (Å²) in [5.41, 5.74) is 2.25. The van der Waals surface area contributed by atoms with Crippen molar-refractivity contribution in [1.29, 1.82) is 0 Å². The van der Waals surface area contributed by atoms with Crippen molar-refractivity contribution in [2.24, 2.45) is 0 Å². The summed E-state index contributed by atoms with van der Waals surface area (Å²) in [6, 6.07) is 3.81. The van der Waals surface area contributed by atoms with Crippen molar-refractivity contribution in [2.75, 3.05) is 33.8 Å². The molecule has 2 rings (SSSR count). The number of nitrogens with one attached hydrogen (secondary N) is 2. The summed E-state index contributed by atoms with van der Waals surface area (Å²) in [5.74, 6) is 0.958. The van der Waals surface area contributed by atoms with Gasteiger partial charge >= 0.3 is 6.03 Å². The van der Waals surface area contributed by atoms with E-state index in [0.717, 1.165) is 29.4 Å². The highest BCUT2D eigenvalue weighted by molar-refractivity contribution is 6.30. The van der Waals surface area contributed by atoms with Crippen molar-refractivity contribution in [3.63, 3.8) is 0 Å². The summed E-state index contributed by atoms with van der Waals surface area (Å²) >= 11 is 6.10. The Morgan fingerprint density at radius 1 is 1.40 bits per heavy atom. The predicted molar refractivity (Wildman–Crippen MR) is 79.4 cm³/mol. The molecule has 1 aliphatic heterocycles. The summed E-state index contributed by atoms with van der Waals surface area (Å²) in [5, 5.41) is 6.82. The molecule has 1 aliphatic rings. The van der Waals surface area contributed by atoms with Gasteiger partial charge in [-0.05, 0) is 17.7 Å². The molecule has 1 aromatic rings. The number of carbonyl (C=O) groups is 1. The molecule has 20 heavy (non-hydrogen) atoms. The van der Waals surface area contributed by atoms with Gasteiger partial charge in [-0.3, -0.25) is 0 Å². The highest BCUT2D eigenvalue weighted by atomic mass is 35.5. The first-order chi connectivity index (χ1) is 9.58. The SMILES string of the molecule is CN(C)C(=O)NCCNCc1cc(Cl)cc2c1OCC2. The Bertz CT molecular complexity index is 492. The average molecular weight is 298 g/mol. The third kappa shape index (κ3) is 3.77. The third-order valence-corrected chi connectivity index (χ3v) is 3.34. The van der Waals surface area contributed by atoms with Crippen LogP contribution in [0.3, 0.4) is 0 Å². The first-order valence-electron chi connectivity index (χ1n) is 6.68. The van der Waals surface area contributed by atoms with E-state index >= 15 is 0 Å². The van der Waals surface area contributed by atoms with Gasteiger partial charge in [0.05, 0.1) is 6.61 Å². The summed E-state index contributed by atoms with van der Waals surface area (Å²) in [7, 11) is 3.44. The smallest absolute Gasteiger partial charge is 0.316 e. The van der Waals surface area contributed by atoms with E-state index in [0.29, 0.717) is 19.6 Å². The molecular weight excluding hydrogens is 278 g/mol. The second-order valence-electron chi connectivity index (χ2n) is 4.95. The Balaban J connectivity index is 1.79. The zero-order chi connectivity index (χ0) is 14.5. The number of urea groups is 1. The Kier molecular flexibility index (Phi) is 5.09. The van der Waals surface area contributed by atoms with Crippen LogP contribution in [0.5, 0.6) is 5.75 Å². The molecule has 110 valence electrons. The van der Waals surface area contributed by atoms with E-state index < -0.39 is 0 Å². The van der Waals surface area contributed by atoms with Gasteiger partial charge in [0.2, 0.25) is 0 Å². The van der Waals surface area contributed by atoms with Gasteiger partial charge in [0.25, 0.3) is 0 Å². The fraction of sp³-hybridized carbons (Fsp3) is 0.500. The lowest BCUT2D eigenvalue weighted by atomic mass is 10.1. The number of hydrogen-bond acceptors (Lipinski definition) is 3. The molecule has 0 aromatic heterocycles. The molecule has 0 spiro atoms. The standard InChI is InChI=1S/C14H20ClN3O2/c1-18(2)14(19)17-5-4-16-9-11-8-12(15)7-10-3-6-20-13(10)11/h7-8,16H,3-6,9H2,1-2H3,(H,17,19). The lowest BCUT2D eigenvalue weighted by Gasteiger charge is -2.13. The van der Waals surface area contributed by atoms with Crippen LogP contribution in [0.1, 0.15) is 11.1 Å². The summed E-state index contributed by atoms with van der Waals surface area (Å²) in [6.45, 7) is 2.68. The average Bonchev–Trinajstić information content (AvgIpc) is 2.85. The molecule has 0 saturated carbocycles. The summed E-state index contributed by atoms with van der Waals surface area (Å²) in [6.07, 6.45) is 0.918. The van der Waals surface area contributed by atoms with E-state index in [9.17, 15) is 4.79 Å². The van der Waals surface area contributed by atoms with Crippen molar-refractivity contribution in [2.45, 2.75) is 13.0 Å². The maximum atomic E-state index is 11.3. The topological polar surface area (TPSA) is 53.6 Å². The molecule has 0 aliphatic carbocycles. The van der Waals surface area contributed by atoms with Crippen LogP contribution in [0.4, 0.5) is 4.79 Å². The number of rotatable bonds is 5. The number of nitrogens with zero attached hydrogens (tertiary/aromatic N) is 1. The van der Waals surface area contributed by atoms with E-state index in [1.54, 1.807) is 14.1 Å². The normalized spacial score (nSPS) is 12.8. The van der Waals surface area contributed by atoms with Gasteiger partial charge in [0.1, 0.15) is 5.75 Å². The fourth-order valence-electron chi connectivity index (χ4n) is 2.12. The van der Waals surface area contributed by atoms with Crippen molar-refractivity contribution < 1.29 is 9.53 Å². The van der Waals surface area contributed by atoms with Crippen molar-refractivity contribution in [3.8, 4) is 5.75 Å². The van der Waals surface area contributed by atoms with Crippen LogP contribution in [0, 0.1) is 0 Å². The van der Waals surface area contributed by atoms with Gasteiger partial charge in [-0.1, -0.05) is 11.6 Å². The fourth-order valence-corrected chi connectivity index (χ4v) is 2.38. The van der Waals surface area contributed by atoms with Gasteiger partial charge in [-0.2, -0.15) is 0 Å². The minimum absolute atomic E-state index is 0.0845. The number of amides is 2. The van der Waals surface area contributed by atoms with E-state index in [-0.39, 0.29) is 6.03 Å². The van der Waals surface area contributed by atoms with Gasteiger partial charge < -0.3 is 20.3 Å². The van der Waals surface area contributed by atoms with Crippen LogP contribution in [-0.2, 0) is 13.0 Å². The summed E-state index contributed by atoms with van der Waals surface area (Å²) < 4.78 is 5.64. The van der Waals surface area contributed by atoms with Gasteiger partial charge in [-0.25, -0.2) is 4.79 Å². The number of hydrogen-bond donors (Lipinski definition) is 2. The minimum Gasteiger partial charge on any atom is -0.493 e. The molecule has 2 amide bonds. The van der Waals surface area contributed by atoms with Crippen LogP contribution in [0.25, 0.3) is 0 Å². The summed E-state index contributed by atoms with van der Waals surface area (Å²) in [4.78, 5) is 12.8. The molecule has 6 heteroatoms. The minimum atomic E-state index is -0.0845. The molecule has 0 saturated heterocycles. The van der Waals surface area contributed by atoms with Gasteiger partial charge in [-0.15, -0.1) is 0 Å². The monoisotopic (exact) mass is 297 g/mol. The zero-order valence-corrected chi connectivity index (χ0v) is 12.6. The molecule has 0 fully saturated rings. The number of ether oxygens (including phenoxy) is 1. The van der Waals surface area contributed by atoms with E-state index in [2.05, 4.69) is 10.6 Å². The van der Waals surface area contributed by atoms with E-state index in [1.807, 2.05) is 12.1 Å². The lowest BCUT2D eigenvalue weighted by molar-refractivity contribution is 0.217. The van der Waals surface area contributed by atoms with Crippen LogP contribution in [0.15, 0.2) is 12.1 Å². The van der Waals surface area contributed by atoms with Crippen molar-refractivity contribution in [3.05, 3.63) is 28.3 Å². The second kappa shape index (κ2) is 6.81. The van der Waals surface area contributed by atoms with E-state index in [1.165, 1.54) is 10.5 Å². The number of benzene rings is 1. The lowest BCUT2D eigenvalue weighted by Crippen LogP contribution is -2.38. The molecule has 2 N–H and O–H groups in total. The van der Waals surface area contributed by atoms with Crippen LogP contribution >= 0.6 is 11.6 Å². The Labute approximate surface area is 124 Å². The number of fused-ring (bicyclic) bond motifs is 1. The van der Waals surface area contributed by atoms with Crippen LogP contribution < -0.4 is 15.4 Å². The molecular formula is C14H20ClN3O2. The van der Waals surface area contributed by atoms with Crippen molar-refractivity contribution in [1.82, 2.24) is 15.5 Å². The number of carbonyl (C=O) groups excluding carboxylic acids is 1. The maximum absolute atomic E-state index is 11.3. The second-order valence-corrected chi connectivity index (χ2v) is 5.39. The largest absolute Gasteiger partial charge is 0.493 e. The van der Waals surface area contributed by atoms with Gasteiger partial charge in [0, 0.05) is 50.7 Å². The third-order valence-electron chi connectivity index (χ3n) is 3.12. The molecule has 0 radical (unpaired) electrons. The van der Waals surface area contributed by atoms with Gasteiger partial charge in [0.15, 0.2) is 0 Å². The van der Waals surface area contributed by atoms with E-state index in [4.69, 9.17) is 16.3 Å². The molecule has 1 aromatic carbocycles. The first-order valence-corrected chi connectivity index (χ1v) is 7.05. The molecule has 0 unspecified atom stereocenters. The molecule has 0 atom stereocenters. The van der Waals surface area contributed by atoms with Crippen LogP contribution in [-0.4, -0.2) is 44.7 Å². The van der Waals surface area contributed by atoms with Crippen LogP contribution in [0.2, 0.25) is 5.02 Å². The predicted octanol–water partition coefficient (Wildman–Crippen LogP) is 1.64. The maximum Gasteiger partial charge on any atom is 0.316 e.